The molecule has 0 saturated heterocycles. The van der Waals surface area contributed by atoms with Gasteiger partial charge in [0, 0.05) is 19.8 Å². The number of unbranched alkanes of at least 4 members (excludes halogenated alkanes) is 3. The Kier molecular flexibility index (Phi) is 42.6. The molecule has 246 valence electrons. The molecule has 6 unspecified atom stereocenters. The van der Waals surface area contributed by atoms with Gasteiger partial charge in [0.05, 0.1) is 38.1 Å². The van der Waals surface area contributed by atoms with Gasteiger partial charge in [0.2, 0.25) is 0 Å². The van der Waals surface area contributed by atoms with Gasteiger partial charge in [-0.15, -0.1) is 0 Å². The summed E-state index contributed by atoms with van der Waals surface area (Å²) in [6.45, 7) is 20.2. The van der Waals surface area contributed by atoms with Crippen LogP contribution in [0.15, 0.2) is 0 Å². The van der Waals surface area contributed by atoms with Crippen LogP contribution in [0.25, 0.3) is 0 Å². The fraction of sp³-hybridized carbons (Fsp3) is 1.00. The molecule has 0 bridgehead atoms. The van der Waals surface area contributed by atoms with Crippen molar-refractivity contribution in [2.24, 2.45) is 0 Å². The smallest absolute Gasteiger partial charge is 0.402 e. The molecule has 0 amide bonds. The lowest BCUT2D eigenvalue weighted by Gasteiger charge is -2.14. The Labute approximate surface area is 244 Å². The second kappa shape index (κ2) is 36.6. The molecule has 0 aromatic carbocycles. The predicted molar refractivity (Wildman–Crippen MR) is 156 cm³/mol. The fourth-order valence-electron chi connectivity index (χ4n) is 2.15. The maximum Gasteiger partial charge on any atom is 0.631 e. The van der Waals surface area contributed by atoms with E-state index in [1.807, 2.05) is 20.8 Å². The van der Waals surface area contributed by atoms with Crippen molar-refractivity contribution in [3.8, 4) is 0 Å². The van der Waals surface area contributed by atoms with Crippen molar-refractivity contribution in [1.82, 2.24) is 0 Å². The summed E-state index contributed by atoms with van der Waals surface area (Å²) in [5.74, 6) is 0. The highest BCUT2D eigenvalue weighted by Gasteiger charge is 2.05. The third-order valence-corrected chi connectivity index (χ3v) is 4.27. The van der Waals surface area contributed by atoms with Crippen molar-refractivity contribution in [1.29, 1.82) is 0 Å². The number of aliphatic hydroxyl groups is 3. The summed E-state index contributed by atoms with van der Waals surface area (Å²) in [4.78, 5) is 0. The third-order valence-electron chi connectivity index (χ3n) is 4.27. The normalized spacial score (nSPS) is 15.1. The van der Waals surface area contributed by atoms with Crippen molar-refractivity contribution in [3.05, 3.63) is 0 Å². The highest BCUT2D eigenvalue weighted by Crippen LogP contribution is 1.99. The molecule has 0 aromatic heterocycles. The van der Waals surface area contributed by atoms with Gasteiger partial charge < -0.3 is 58.8 Å². The monoisotopic (exact) mass is 590 g/mol. The predicted octanol–water partition coefficient (Wildman–Crippen LogP) is 2.59. The van der Waals surface area contributed by atoms with Crippen LogP contribution in [0, 0.1) is 0 Å². The zero-order valence-corrected chi connectivity index (χ0v) is 26.7. The second-order valence-corrected chi connectivity index (χ2v) is 9.27. The summed E-state index contributed by atoms with van der Waals surface area (Å²) in [6.07, 6.45) is 4.71. The molecule has 6 atom stereocenters. The summed E-state index contributed by atoms with van der Waals surface area (Å²) in [5.41, 5.74) is 0. The molecule has 0 radical (unpaired) electrons. The van der Waals surface area contributed by atoms with Crippen LogP contribution in [-0.2, 0) is 28.4 Å². The lowest BCUT2D eigenvalue weighted by atomic mass is 10.3. The SMILES string of the molecule is CCCCOC(C)OCC(C)O.CCCCOC(C)OCC(C)O.CCCCOC(C)OCC(C)O.OB(O)O. The van der Waals surface area contributed by atoms with Gasteiger partial charge >= 0.3 is 7.32 Å². The van der Waals surface area contributed by atoms with Crippen LogP contribution in [-0.4, -0.2) is 115 Å². The van der Waals surface area contributed by atoms with E-state index in [-0.39, 0.29) is 18.9 Å². The van der Waals surface area contributed by atoms with Crippen molar-refractivity contribution in [3.63, 3.8) is 0 Å². The van der Waals surface area contributed by atoms with E-state index in [1.165, 1.54) is 0 Å². The maximum atomic E-state index is 8.89. The van der Waals surface area contributed by atoms with E-state index in [1.54, 1.807) is 20.8 Å². The van der Waals surface area contributed by atoms with Gasteiger partial charge in [0.1, 0.15) is 0 Å². The minimum Gasteiger partial charge on any atom is -0.402 e. The number of ether oxygens (including phenoxy) is 6. The van der Waals surface area contributed by atoms with Crippen LogP contribution in [0.4, 0.5) is 0 Å². The zero-order valence-electron chi connectivity index (χ0n) is 26.7. The average Bonchev–Trinajstić information content (AvgIpc) is 2.86. The quantitative estimate of drug-likeness (QED) is 0.0655. The molecule has 0 saturated carbocycles. The van der Waals surface area contributed by atoms with Crippen LogP contribution in [0.5, 0.6) is 0 Å². The average molecular weight is 591 g/mol. The molecule has 13 heteroatoms. The molecule has 12 nitrogen and oxygen atoms in total. The van der Waals surface area contributed by atoms with Crippen LogP contribution >= 0.6 is 0 Å². The van der Waals surface area contributed by atoms with E-state index >= 15 is 0 Å². The zero-order chi connectivity index (χ0) is 31.8. The first-order valence-electron chi connectivity index (χ1n) is 14.5. The number of hydrogen-bond acceptors (Lipinski definition) is 12. The van der Waals surface area contributed by atoms with E-state index in [4.69, 9.17) is 58.8 Å². The van der Waals surface area contributed by atoms with Crippen LogP contribution in [0.2, 0.25) is 0 Å². The first kappa shape index (κ1) is 46.5. The van der Waals surface area contributed by atoms with E-state index in [9.17, 15) is 0 Å². The van der Waals surface area contributed by atoms with Gasteiger partial charge in [-0.25, -0.2) is 0 Å². The minimum atomic E-state index is -2.17. The molecule has 0 aromatic rings. The lowest BCUT2D eigenvalue weighted by molar-refractivity contribution is -0.145. The molecule has 0 aliphatic rings. The van der Waals surface area contributed by atoms with Gasteiger partial charge in [-0.05, 0) is 60.8 Å². The van der Waals surface area contributed by atoms with Gasteiger partial charge in [0.15, 0.2) is 18.9 Å². The van der Waals surface area contributed by atoms with Gasteiger partial charge in [-0.3, -0.25) is 0 Å². The molecular weight excluding hydrogens is 527 g/mol. The summed E-state index contributed by atoms with van der Waals surface area (Å²) >= 11 is 0. The molecule has 0 spiro atoms. The van der Waals surface area contributed by atoms with Crippen LogP contribution < -0.4 is 0 Å². The molecule has 6 N–H and O–H groups in total. The summed E-state index contributed by atoms with van der Waals surface area (Å²) < 4.78 is 31.4. The van der Waals surface area contributed by atoms with E-state index in [2.05, 4.69) is 20.8 Å². The number of aliphatic hydroxyl groups excluding tert-OH is 3. The van der Waals surface area contributed by atoms with Crippen LogP contribution in [0.1, 0.15) is 101 Å². The lowest BCUT2D eigenvalue weighted by Crippen LogP contribution is -2.19. The van der Waals surface area contributed by atoms with E-state index < -0.39 is 25.6 Å². The molecule has 0 heterocycles. The standard InChI is InChI=1S/3C9H20O3.BH3O3/c3*1-4-5-6-11-9(3)12-7-8(2)10;2-1(3)4/h3*8-10H,4-7H2,1-3H3;2-4H. The van der Waals surface area contributed by atoms with E-state index in [0.29, 0.717) is 19.8 Å². The largest absolute Gasteiger partial charge is 0.631 e. The molecule has 40 heavy (non-hydrogen) atoms. The molecule has 0 aliphatic heterocycles. The Morgan fingerprint density at radius 3 is 0.800 bits per heavy atom. The Bertz CT molecular complexity index is 386. The fourth-order valence-corrected chi connectivity index (χ4v) is 2.15. The Morgan fingerprint density at radius 1 is 0.450 bits per heavy atom. The van der Waals surface area contributed by atoms with Crippen molar-refractivity contribution < 1.29 is 58.8 Å². The summed E-state index contributed by atoms with van der Waals surface area (Å²) in [5, 5.41) is 48.2. The number of rotatable bonds is 21. The summed E-state index contributed by atoms with van der Waals surface area (Å²) in [7, 11) is -2.17. The number of hydrogen-bond donors (Lipinski definition) is 6. The molecule has 0 rings (SSSR count). The summed E-state index contributed by atoms with van der Waals surface area (Å²) in [6, 6.07) is 0. The maximum absolute atomic E-state index is 8.89. The highest BCUT2D eigenvalue weighted by molar-refractivity contribution is 6.30. The van der Waals surface area contributed by atoms with E-state index in [0.717, 1.165) is 58.3 Å². The third kappa shape index (κ3) is 57.5. The van der Waals surface area contributed by atoms with Gasteiger partial charge in [-0.2, -0.15) is 0 Å². The topological polar surface area (TPSA) is 177 Å². The van der Waals surface area contributed by atoms with Crippen LogP contribution in [0.3, 0.4) is 0 Å². The Morgan fingerprint density at radius 2 is 0.650 bits per heavy atom. The molecule has 0 aliphatic carbocycles. The van der Waals surface area contributed by atoms with Gasteiger partial charge in [0.25, 0.3) is 0 Å². The highest BCUT2D eigenvalue weighted by atomic mass is 16.7. The van der Waals surface area contributed by atoms with Gasteiger partial charge in [-0.1, -0.05) is 40.0 Å². The Balaban J connectivity index is -0.000000227. The first-order valence-corrected chi connectivity index (χ1v) is 14.5. The van der Waals surface area contributed by atoms with Crippen molar-refractivity contribution in [2.45, 2.75) is 138 Å². The first-order chi connectivity index (χ1) is 18.7. The minimum absolute atomic E-state index is 0.203. The van der Waals surface area contributed by atoms with Crippen molar-refractivity contribution >= 4 is 7.32 Å². The Hall–Kier alpha value is -0.415. The van der Waals surface area contributed by atoms with Crippen molar-refractivity contribution in [2.75, 3.05) is 39.6 Å². The molecule has 0 fully saturated rings. The molecular formula is C27H63BO12. The second-order valence-electron chi connectivity index (χ2n) is 9.27.